The van der Waals surface area contributed by atoms with Crippen molar-refractivity contribution >= 4 is 34.7 Å². The normalized spacial score (nSPS) is 12.4. The van der Waals surface area contributed by atoms with Crippen molar-refractivity contribution in [3.63, 3.8) is 0 Å². The first-order chi connectivity index (χ1) is 20.5. The first kappa shape index (κ1) is 29.0. The van der Waals surface area contributed by atoms with E-state index in [0.29, 0.717) is 21.6 Å². The van der Waals surface area contributed by atoms with E-state index in [1.807, 2.05) is 0 Å². The van der Waals surface area contributed by atoms with Crippen LogP contribution in [0.4, 0.5) is 40.8 Å². The average Bonchev–Trinajstić information content (AvgIpc) is 2.97. The molecular formula is C29H25F3N6O5. The molecule has 1 aliphatic heterocycles. The summed E-state index contributed by atoms with van der Waals surface area (Å²) in [5.74, 6) is -3.57. The Kier molecular flexibility index (Phi) is 7.68. The van der Waals surface area contributed by atoms with Gasteiger partial charge in [0, 0.05) is 18.3 Å². The molecule has 3 N–H and O–H groups in total. The highest BCUT2D eigenvalue weighted by molar-refractivity contribution is 6.10. The number of nitrogens with one attached hydrogen (secondary N) is 1. The van der Waals surface area contributed by atoms with Crippen molar-refractivity contribution < 1.29 is 27.4 Å². The van der Waals surface area contributed by atoms with Gasteiger partial charge in [-0.15, -0.1) is 0 Å². The molecule has 0 spiro atoms. The SMILES string of the molecule is COC(=O)Nc1ccc2c(c1)N(C)CC(c1c(N)n(Cc3c(F)cccc3F)c(=O)n(-c3cccc(OC)c3F)c1=O)=N2. The highest BCUT2D eigenvalue weighted by Crippen LogP contribution is 2.35. The quantitative estimate of drug-likeness (QED) is 0.347. The molecule has 1 aliphatic rings. The summed E-state index contributed by atoms with van der Waals surface area (Å²) in [7, 11) is 4.14. The van der Waals surface area contributed by atoms with E-state index in [1.54, 1.807) is 30.1 Å². The second kappa shape index (κ2) is 11.4. The van der Waals surface area contributed by atoms with Crippen molar-refractivity contribution in [1.82, 2.24) is 9.13 Å². The van der Waals surface area contributed by atoms with Crippen molar-refractivity contribution in [2.24, 2.45) is 4.99 Å². The van der Waals surface area contributed by atoms with Gasteiger partial charge in [-0.3, -0.25) is 14.7 Å². The number of rotatable bonds is 6. The highest BCUT2D eigenvalue weighted by Gasteiger charge is 2.28. The Bertz CT molecular complexity index is 1900. The van der Waals surface area contributed by atoms with Crippen molar-refractivity contribution in [3.05, 3.63) is 104 Å². The number of anilines is 3. The monoisotopic (exact) mass is 594 g/mol. The van der Waals surface area contributed by atoms with Gasteiger partial charge in [0.05, 0.1) is 50.1 Å². The minimum absolute atomic E-state index is 0.0129. The molecule has 14 heteroatoms. The van der Waals surface area contributed by atoms with Crippen LogP contribution in [0.25, 0.3) is 5.69 Å². The number of nitrogens with zero attached hydrogens (tertiary/aromatic N) is 4. The largest absolute Gasteiger partial charge is 0.494 e. The van der Waals surface area contributed by atoms with Gasteiger partial charge in [0.2, 0.25) is 0 Å². The van der Waals surface area contributed by atoms with Gasteiger partial charge in [0.15, 0.2) is 11.6 Å². The first-order valence-electron chi connectivity index (χ1n) is 12.7. The highest BCUT2D eigenvalue weighted by atomic mass is 19.1. The molecule has 4 aromatic rings. The zero-order valence-corrected chi connectivity index (χ0v) is 23.2. The molecule has 0 aliphatic carbocycles. The Labute approximate surface area is 242 Å². The molecule has 0 bridgehead atoms. The Morgan fingerprint density at radius 1 is 1.02 bits per heavy atom. The summed E-state index contributed by atoms with van der Waals surface area (Å²) in [5.41, 5.74) is 4.53. The molecule has 0 fully saturated rings. The first-order valence-corrected chi connectivity index (χ1v) is 12.7. The maximum Gasteiger partial charge on any atom is 0.411 e. The molecule has 1 aromatic heterocycles. The molecule has 1 amide bonds. The lowest BCUT2D eigenvalue weighted by Gasteiger charge is -2.28. The minimum Gasteiger partial charge on any atom is -0.494 e. The number of nitrogens with two attached hydrogens (primary N) is 1. The number of nitrogen functional groups attached to an aromatic ring is 1. The van der Waals surface area contributed by atoms with Gasteiger partial charge >= 0.3 is 11.8 Å². The number of ether oxygens (including phenoxy) is 2. The van der Waals surface area contributed by atoms with Crippen LogP contribution in [0.5, 0.6) is 5.75 Å². The molecule has 222 valence electrons. The molecule has 0 atom stereocenters. The van der Waals surface area contributed by atoms with Crippen LogP contribution in [-0.4, -0.2) is 48.8 Å². The second-order valence-corrected chi connectivity index (χ2v) is 9.50. The number of amides is 1. The van der Waals surface area contributed by atoms with E-state index in [9.17, 15) is 23.2 Å². The Morgan fingerprint density at radius 2 is 1.72 bits per heavy atom. The number of carbonyl (C=O) groups is 1. The van der Waals surface area contributed by atoms with Crippen molar-refractivity contribution in [1.29, 1.82) is 0 Å². The Morgan fingerprint density at radius 3 is 2.40 bits per heavy atom. The predicted molar refractivity (Wildman–Crippen MR) is 155 cm³/mol. The van der Waals surface area contributed by atoms with Crippen LogP contribution in [0.15, 0.2) is 69.2 Å². The Balaban J connectivity index is 1.76. The number of carbonyl (C=O) groups excluding carboxylic acids is 1. The average molecular weight is 595 g/mol. The van der Waals surface area contributed by atoms with E-state index < -0.39 is 58.4 Å². The van der Waals surface area contributed by atoms with Crippen LogP contribution >= 0.6 is 0 Å². The summed E-state index contributed by atoms with van der Waals surface area (Å²) in [6, 6.07) is 11.8. The maximum atomic E-state index is 15.4. The lowest BCUT2D eigenvalue weighted by molar-refractivity contribution is 0.187. The summed E-state index contributed by atoms with van der Waals surface area (Å²) in [4.78, 5) is 45.7. The fourth-order valence-electron chi connectivity index (χ4n) is 4.77. The minimum atomic E-state index is -1.13. The predicted octanol–water partition coefficient (Wildman–Crippen LogP) is 3.80. The topological polar surface area (TPSA) is 133 Å². The van der Waals surface area contributed by atoms with Crippen LogP contribution in [0.1, 0.15) is 11.1 Å². The summed E-state index contributed by atoms with van der Waals surface area (Å²) < 4.78 is 55.7. The number of fused-ring (bicyclic) bond motifs is 1. The number of methoxy groups -OCH3 is 2. The Hall–Kier alpha value is -5.53. The lowest BCUT2D eigenvalue weighted by Crippen LogP contribution is -2.45. The molecule has 11 nitrogen and oxygen atoms in total. The standard InChI is InChI=1S/C29H25F3N6O5/c1-36-14-20(35-19-11-10-15(12-22(19)36)34-28(40)43-3)24-26(33)37(13-16-17(30)6-4-7-18(16)31)29(41)38(27(24)39)21-8-5-9-23(42-2)25(21)32/h4-12H,13-14,33H2,1-3H3,(H,34,40). The van der Waals surface area contributed by atoms with Gasteiger partial charge < -0.3 is 20.1 Å². The van der Waals surface area contributed by atoms with Gasteiger partial charge in [-0.05, 0) is 42.5 Å². The molecule has 3 aromatic carbocycles. The number of benzene rings is 3. The molecule has 0 radical (unpaired) electrons. The number of hydrogen-bond donors (Lipinski definition) is 2. The van der Waals surface area contributed by atoms with Crippen LogP contribution in [0, 0.1) is 17.5 Å². The van der Waals surface area contributed by atoms with Gasteiger partial charge in [-0.2, -0.15) is 0 Å². The third kappa shape index (κ3) is 5.18. The third-order valence-corrected chi connectivity index (χ3v) is 6.92. The zero-order valence-electron chi connectivity index (χ0n) is 23.2. The molecule has 0 saturated carbocycles. The van der Waals surface area contributed by atoms with Gasteiger partial charge in [0.1, 0.15) is 23.0 Å². The van der Waals surface area contributed by atoms with E-state index in [4.69, 9.17) is 10.5 Å². The number of aromatic nitrogens is 2. The molecule has 5 rings (SSSR count). The number of halogens is 3. The van der Waals surface area contributed by atoms with Gasteiger partial charge in [0.25, 0.3) is 5.56 Å². The second-order valence-electron chi connectivity index (χ2n) is 9.50. The van der Waals surface area contributed by atoms with Crippen LogP contribution in [0.3, 0.4) is 0 Å². The maximum absolute atomic E-state index is 15.4. The smallest absolute Gasteiger partial charge is 0.411 e. The van der Waals surface area contributed by atoms with E-state index in [0.717, 1.165) is 22.8 Å². The lowest BCUT2D eigenvalue weighted by atomic mass is 10.1. The molecule has 43 heavy (non-hydrogen) atoms. The summed E-state index contributed by atoms with van der Waals surface area (Å²) in [5, 5.41) is 2.55. The van der Waals surface area contributed by atoms with E-state index in [2.05, 4.69) is 15.0 Å². The molecular weight excluding hydrogens is 569 g/mol. The summed E-state index contributed by atoms with van der Waals surface area (Å²) in [6.45, 7) is -0.717. The van der Waals surface area contributed by atoms with E-state index >= 15 is 4.39 Å². The van der Waals surface area contributed by atoms with Gasteiger partial charge in [-0.25, -0.2) is 32.3 Å². The molecule has 2 heterocycles. The zero-order chi connectivity index (χ0) is 31.0. The van der Waals surface area contributed by atoms with Gasteiger partial charge in [-0.1, -0.05) is 12.1 Å². The summed E-state index contributed by atoms with van der Waals surface area (Å²) in [6.07, 6.45) is -0.672. The molecule has 0 unspecified atom stereocenters. The fourth-order valence-corrected chi connectivity index (χ4v) is 4.77. The van der Waals surface area contributed by atoms with E-state index in [1.165, 1.54) is 32.4 Å². The van der Waals surface area contributed by atoms with Crippen LogP contribution in [-0.2, 0) is 11.3 Å². The third-order valence-electron chi connectivity index (χ3n) is 6.92. The van der Waals surface area contributed by atoms with Crippen LogP contribution < -0.4 is 31.9 Å². The summed E-state index contributed by atoms with van der Waals surface area (Å²) >= 11 is 0. The van der Waals surface area contributed by atoms with Crippen molar-refractivity contribution in [3.8, 4) is 11.4 Å². The van der Waals surface area contributed by atoms with Crippen molar-refractivity contribution in [2.45, 2.75) is 6.54 Å². The van der Waals surface area contributed by atoms with Crippen molar-refractivity contribution in [2.75, 3.05) is 43.8 Å². The van der Waals surface area contributed by atoms with Crippen LogP contribution in [0.2, 0.25) is 0 Å². The molecule has 0 saturated heterocycles. The number of aliphatic imine (C=N–C) groups is 1. The fraction of sp³-hybridized carbons (Fsp3) is 0.172. The number of hydrogen-bond acceptors (Lipinski definition) is 8. The van der Waals surface area contributed by atoms with E-state index in [-0.39, 0.29) is 23.6 Å². The number of likely N-dealkylation sites (N-methyl/N-ethyl adjacent to an activating group) is 1.